The van der Waals surface area contributed by atoms with Crippen LogP contribution >= 0.6 is 16.1 Å². The highest BCUT2D eigenvalue weighted by molar-refractivity contribution is 9.10. The lowest BCUT2D eigenvalue weighted by Gasteiger charge is -1.86. The van der Waals surface area contributed by atoms with Gasteiger partial charge in [-0.25, -0.2) is 0 Å². The first-order chi connectivity index (χ1) is 5.40. The molecular weight excluding hydrogens is 204 g/mol. The predicted molar refractivity (Wildman–Crippen MR) is 50.8 cm³/mol. The molecule has 11 heavy (non-hydrogen) atoms. The molecule has 0 bridgehead atoms. The lowest BCUT2D eigenvalue weighted by Crippen LogP contribution is -1.74. The second-order valence-electron chi connectivity index (χ2n) is 2.36. The molecule has 0 saturated carbocycles. The Morgan fingerprint density at radius 2 is 2.09 bits per heavy atom. The number of benzene rings is 1. The summed E-state index contributed by atoms with van der Waals surface area (Å²) in [4.78, 5) is 3.19. The van der Waals surface area contributed by atoms with Crippen LogP contribution in [-0.4, -0.2) is 4.98 Å². The van der Waals surface area contributed by atoms with Gasteiger partial charge in [0.05, 0.1) is 0 Å². The number of aromatic amines is 1. The van der Waals surface area contributed by atoms with Gasteiger partial charge < -0.3 is 9.33 Å². The summed E-state index contributed by atoms with van der Waals surface area (Å²) in [6, 6.07) is 10.2. The number of H-pyrrole nitrogens is 1. The van der Waals surface area contributed by atoms with Gasteiger partial charge in [0.1, 0.15) is 5.82 Å². The van der Waals surface area contributed by atoms with Crippen molar-refractivity contribution in [3.05, 3.63) is 30.3 Å². The quantitative estimate of drug-likeness (QED) is 0.697. The summed E-state index contributed by atoms with van der Waals surface area (Å²) in [6.45, 7) is 0. The topological polar surface area (TPSA) is 27.8 Å². The SMILES string of the molecule is BrNc1cc2ccccc2[nH]1. The Hall–Kier alpha value is -0.960. The number of fused-ring (bicyclic) bond motifs is 1. The molecule has 0 fully saturated rings. The number of hydrogen-bond acceptors (Lipinski definition) is 1. The van der Waals surface area contributed by atoms with Crippen LogP contribution < -0.4 is 4.34 Å². The van der Waals surface area contributed by atoms with Crippen molar-refractivity contribution in [2.75, 3.05) is 4.34 Å². The molecule has 0 spiro atoms. The fourth-order valence-corrected chi connectivity index (χ4v) is 1.34. The van der Waals surface area contributed by atoms with Gasteiger partial charge in [-0.3, -0.25) is 0 Å². The Labute approximate surface area is 72.9 Å². The van der Waals surface area contributed by atoms with Crippen molar-refractivity contribution in [1.82, 2.24) is 4.98 Å². The summed E-state index contributed by atoms with van der Waals surface area (Å²) >= 11 is 3.15. The van der Waals surface area contributed by atoms with Crippen LogP contribution in [0.1, 0.15) is 0 Å². The molecule has 2 aromatic rings. The smallest absolute Gasteiger partial charge is 0.114 e. The van der Waals surface area contributed by atoms with E-state index in [2.05, 4.69) is 31.5 Å². The number of aromatic nitrogens is 1. The first-order valence-electron chi connectivity index (χ1n) is 3.34. The van der Waals surface area contributed by atoms with Crippen molar-refractivity contribution in [3.8, 4) is 0 Å². The minimum Gasteiger partial charge on any atom is -0.341 e. The van der Waals surface area contributed by atoms with Gasteiger partial charge in [-0.2, -0.15) is 0 Å². The van der Waals surface area contributed by atoms with Gasteiger partial charge >= 0.3 is 0 Å². The van der Waals surface area contributed by atoms with E-state index in [1.54, 1.807) is 0 Å². The Balaban J connectivity index is 2.69. The van der Waals surface area contributed by atoms with E-state index in [9.17, 15) is 0 Å². The second-order valence-corrected chi connectivity index (χ2v) is 2.76. The van der Waals surface area contributed by atoms with Crippen LogP contribution in [0, 0.1) is 0 Å². The number of halogens is 1. The molecule has 3 heteroatoms. The number of rotatable bonds is 1. The average Bonchev–Trinajstić information content (AvgIpc) is 2.46. The molecule has 0 aliphatic heterocycles. The molecule has 0 atom stereocenters. The van der Waals surface area contributed by atoms with Crippen molar-refractivity contribution < 1.29 is 0 Å². The van der Waals surface area contributed by atoms with E-state index < -0.39 is 0 Å². The van der Waals surface area contributed by atoms with Crippen LogP contribution in [0.5, 0.6) is 0 Å². The van der Waals surface area contributed by atoms with Crippen LogP contribution in [0.3, 0.4) is 0 Å². The largest absolute Gasteiger partial charge is 0.341 e. The van der Waals surface area contributed by atoms with Crippen molar-refractivity contribution in [3.63, 3.8) is 0 Å². The van der Waals surface area contributed by atoms with Gasteiger partial charge in [0, 0.05) is 27.1 Å². The highest BCUT2D eigenvalue weighted by atomic mass is 79.9. The van der Waals surface area contributed by atoms with E-state index in [4.69, 9.17) is 0 Å². The Morgan fingerprint density at radius 3 is 2.82 bits per heavy atom. The molecule has 1 heterocycles. The molecule has 1 aromatic heterocycles. The molecule has 2 rings (SSSR count). The maximum atomic E-state index is 3.19. The molecule has 0 radical (unpaired) electrons. The molecule has 0 aliphatic carbocycles. The average molecular weight is 211 g/mol. The first-order valence-corrected chi connectivity index (χ1v) is 4.14. The number of hydrogen-bond donors (Lipinski definition) is 2. The van der Waals surface area contributed by atoms with Gasteiger partial charge in [-0.15, -0.1) is 0 Å². The summed E-state index contributed by atoms with van der Waals surface area (Å²) in [5.41, 5.74) is 1.15. The summed E-state index contributed by atoms with van der Waals surface area (Å²) in [5.74, 6) is 0.978. The van der Waals surface area contributed by atoms with Crippen LogP contribution in [0.2, 0.25) is 0 Å². The second kappa shape index (κ2) is 2.58. The lowest BCUT2D eigenvalue weighted by molar-refractivity contribution is 1.48. The summed E-state index contributed by atoms with van der Waals surface area (Å²) in [6.07, 6.45) is 0. The minimum absolute atomic E-state index is 0.978. The molecule has 0 unspecified atom stereocenters. The summed E-state index contributed by atoms with van der Waals surface area (Å²) in [5, 5.41) is 1.22. The van der Waals surface area contributed by atoms with Gasteiger partial charge in [-0.1, -0.05) is 18.2 Å². The Bertz CT molecular complexity index is 334. The maximum absolute atomic E-state index is 3.19. The first kappa shape index (κ1) is 6.73. The van der Waals surface area contributed by atoms with Crippen LogP contribution in [0.25, 0.3) is 10.9 Å². The fourth-order valence-electron chi connectivity index (χ4n) is 1.12. The molecule has 2 nitrogen and oxygen atoms in total. The predicted octanol–water partition coefficient (Wildman–Crippen LogP) is 2.89. The van der Waals surface area contributed by atoms with Gasteiger partial charge in [0.2, 0.25) is 0 Å². The number of para-hydroxylation sites is 1. The van der Waals surface area contributed by atoms with E-state index in [1.807, 2.05) is 24.3 Å². The molecule has 2 N–H and O–H groups in total. The number of nitrogens with one attached hydrogen (secondary N) is 2. The van der Waals surface area contributed by atoms with Crippen molar-refractivity contribution in [2.45, 2.75) is 0 Å². The maximum Gasteiger partial charge on any atom is 0.114 e. The van der Waals surface area contributed by atoms with E-state index >= 15 is 0 Å². The van der Waals surface area contributed by atoms with Crippen LogP contribution in [0.15, 0.2) is 30.3 Å². The Kier molecular flexibility index (Phi) is 1.58. The third-order valence-electron chi connectivity index (χ3n) is 1.63. The lowest BCUT2D eigenvalue weighted by atomic mass is 10.3. The van der Waals surface area contributed by atoms with E-state index in [-0.39, 0.29) is 0 Å². The van der Waals surface area contributed by atoms with Gasteiger partial charge in [0.25, 0.3) is 0 Å². The highest BCUT2D eigenvalue weighted by Crippen LogP contribution is 2.18. The summed E-state index contributed by atoms with van der Waals surface area (Å²) in [7, 11) is 0. The zero-order chi connectivity index (χ0) is 7.68. The van der Waals surface area contributed by atoms with Crippen molar-refractivity contribution in [2.24, 2.45) is 0 Å². The zero-order valence-corrected chi connectivity index (χ0v) is 7.35. The van der Waals surface area contributed by atoms with E-state index in [0.717, 1.165) is 11.3 Å². The monoisotopic (exact) mass is 210 g/mol. The number of anilines is 1. The zero-order valence-electron chi connectivity index (χ0n) is 5.76. The van der Waals surface area contributed by atoms with Crippen LogP contribution in [0.4, 0.5) is 5.82 Å². The third kappa shape index (κ3) is 1.12. The summed E-state index contributed by atoms with van der Waals surface area (Å²) < 4.78 is 2.87. The molecular formula is C8H7BrN2. The molecule has 0 aliphatic rings. The fraction of sp³-hybridized carbons (Fsp3) is 0. The third-order valence-corrected chi connectivity index (χ3v) is 2.06. The van der Waals surface area contributed by atoms with Crippen LogP contribution in [-0.2, 0) is 0 Å². The van der Waals surface area contributed by atoms with Crippen molar-refractivity contribution in [1.29, 1.82) is 0 Å². The molecule has 1 aromatic carbocycles. The normalized spacial score (nSPS) is 10.3. The Morgan fingerprint density at radius 1 is 1.27 bits per heavy atom. The van der Waals surface area contributed by atoms with Crippen molar-refractivity contribution >= 4 is 32.9 Å². The van der Waals surface area contributed by atoms with E-state index in [0.29, 0.717) is 0 Å². The molecule has 0 amide bonds. The standard InChI is InChI=1S/C8H7BrN2/c9-11-8-5-6-3-1-2-4-7(6)10-8/h1-5,10-11H. The highest BCUT2D eigenvalue weighted by Gasteiger charge is 1.95. The van der Waals surface area contributed by atoms with Gasteiger partial charge in [-0.05, 0) is 12.1 Å². The molecule has 0 saturated heterocycles. The van der Waals surface area contributed by atoms with Gasteiger partial charge in [0.15, 0.2) is 0 Å². The van der Waals surface area contributed by atoms with E-state index in [1.165, 1.54) is 5.39 Å². The minimum atomic E-state index is 0.978. The molecule has 56 valence electrons.